The lowest BCUT2D eigenvalue weighted by Gasteiger charge is -2.16. The second-order valence-electron chi connectivity index (χ2n) is 4.07. The van der Waals surface area contributed by atoms with Gasteiger partial charge in [0.15, 0.2) is 0 Å². The van der Waals surface area contributed by atoms with Crippen LogP contribution >= 0.6 is 15.9 Å². The molecule has 0 unspecified atom stereocenters. The van der Waals surface area contributed by atoms with Gasteiger partial charge in [0.2, 0.25) is 5.91 Å². The van der Waals surface area contributed by atoms with Crippen LogP contribution in [0.15, 0.2) is 24.5 Å². The molecule has 0 atom stereocenters. The maximum absolute atomic E-state index is 11.7. The zero-order chi connectivity index (χ0) is 12.5. The summed E-state index contributed by atoms with van der Waals surface area (Å²) in [5.41, 5.74) is 1.22. The van der Waals surface area contributed by atoms with Gasteiger partial charge >= 0.3 is 0 Å². The number of carbonyl (C=O) groups excluding carboxylic acids is 1. The first-order chi connectivity index (χ1) is 8.24. The molecule has 0 radical (unpaired) electrons. The lowest BCUT2D eigenvalue weighted by atomic mass is 10.2. The standard InChI is InChI=1S/C13H19BrN2O/c1-16(13(17)4-2-3-8-14)11-7-12-5-9-15-10-6-12/h5-6,9-10H,2-4,7-8,11H2,1H3. The Morgan fingerprint density at radius 3 is 2.71 bits per heavy atom. The van der Waals surface area contributed by atoms with Gasteiger partial charge in [0.05, 0.1) is 0 Å². The number of amides is 1. The number of nitrogens with zero attached hydrogens (tertiary/aromatic N) is 2. The van der Waals surface area contributed by atoms with E-state index in [4.69, 9.17) is 0 Å². The van der Waals surface area contributed by atoms with Crippen LogP contribution in [0, 0.1) is 0 Å². The lowest BCUT2D eigenvalue weighted by Crippen LogP contribution is -2.28. The van der Waals surface area contributed by atoms with E-state index in [0.717, 1.165) is 31.1 Å². The van der Waals surface area contributed by atoms with Gasteiger partial charge in [-0.05, 0) is 37.0 Å². The smallest absolute Gasteiger partial charge is 0.222 e. The molecular weight excluding hydrogens is 280 g/mol. The number of likely N-dealkylation sites (N-methyl/N-ethyl adjacent to an activating group) is 1. The Morgan fingerprint density at radius 2 is 2.06 bits per heavy atom. The monoisotopic (exact) mass is 298 g/mol. The van der Waals surface area contributed by atoms with Crippen molar-refractivity contribution < 1.29 is 4.79 Å². The minimum Gasteiger partial charge on any atom is -0.345 e. The van der Waals surface area contributed by atoms with Gasteiger partial charge in [0.25, 0.3) is 0 Å². The van der Waals surface area contributed by atoms with Crippen molar-refractivity contribution in [2.45, 2.75) is 25.7 Å². The Bertz CT molecular complexity index is 329. The maximum Gasteiger partial charge on any atom is 0.222 e. The third-order valence-corrected chi connectivity index (χ3v) is 3.25. The van der Waals surface area contributed by atoms with Crippen molar-refractivity contribution in [3.05, 3.63) is 30.1 Å². The fraction of sp³-hybridized carbons (Fsp3) is 0.538. The van der Waals surface area contributed by atoms with Crippen molar-refractivity contribution in [2.75, 3.05) is 18.9 Å². The molecule has 3 nitrogen and oxygen atoms in total. The number of hydrogen-bond acceptors (Lipinski definition) is 2. The molecule has 1 rings (SSSR count). The van der Waals surface area contributed by atoms with E-state index in [0.29, 0.717) is 6.42 Å². The summed E-state index contributed by atoms with van der Waals surface area (Å²) in [6.45, 7) is 0.775. The number of rotatable bonds is 7. The number of alkyl halides is 1. The van der Waals surface area contributed by atoms with Crippen molar-refractivity contribution in [2.24, 2.45) is 0 Å². The molecule has 17 heavy (non-hydrogen) atoms. The topological polar surface area (TPSA) is 33.2 Å². The second-order valence-corrected chi connectivity index (χ2v) is 4.86. The Hall–Kier alpha value is -0.900. The third-order valence-electron chi connectivity index (χ3n) is 2.69. The second kappa shape index (κ2) is 8.23. The van der Waals surface area contributed by atoms with Crippen molar-refractivity contribution in [1.29, 1.82) is 0 Å². The molecule has 1 amide bonds. The summed E-state index contributed by atoms with van der Waals surface area (Å²) in [5.74, 6) is 0.236. The van der Waals surface area contributed by atoms with Crippen LogP contribution in [0.1, 0.15) is 24.8 Å². The van der Waals surface area contributed by atoms with Crippen molar-refractivity contribution in [1.82, 2.24) is 9.88 Å². The molecule has 0 aliphatic carbocycles. The molecule has 0 N–H and O–H groups in total. The molecule has 0 aliphatic heterocycles. The molecule has 0 saturated heterocycles. The van der Waals surface area contributed by atoms with E-state index < -0.39 is 0 Å². The van der Waals surface area contributed by atoms with E-state index in [1.165, 1.54) is 5.56 Å². The number of carbonyl (C=O) groups is 1. The number of unbranched alkanes of at least 4 members (excludes halogenated alkanes) is 1. The fourth-order valence-corrected chi connectivity index (χ4v) is 1.93. The summed E-state index contributed by atoms with van der Waals surface area (Å²) >= 11 is 3.37. The largest absolute Gasteiger partial charge is 0.345 e. The van der Waals surface area contributed by atoms with Gasteiger partial charge in [-0.25, -0.2) is 0 Å². The predicted molar refractivity (Wildman–Crippen MR) is 73.2 cm³/mol. The van der Waals surface area contributed by atoms with E-state index in [1.54, 1.807) is 12.4 Å². The van der Waals surface area contributed by atoms with Gasteiger partial charge < -0.3 is 4.90 Å². The first kappa shape index (κ1) is 14.2. The lowest BCUT2D eigenvalue weighted by molar-refractivity contribution is -0.129. The zero-order valence-electron chi connectivity index (χ0n) is 10.2. The molecule has 1 heterocycles. The molecule has 0 fully saturated rings. The van der Waals surface area contributed by atoms with Gasteiger partial charge in [-0.1, -0.05) is 15.9 Å². The van der Waals surface area contributed by atoms with Gasteiger partial charge in [-0.15, -0.1) is 0 Å². The number of pyridine rings is 1. The molecule has 4 heteroatoms. The van der Waals surface area contributed by atoms with Crippen LogP contribution in [0.25, 0.3) is 0 Å². The van der Waals surface area contributed by atoms with Crippen molar-refractivity contribution in [3.63, 3.8) is 0 Å². The van der Waals surface area contributed by atoms with Crippen LogP contribution in [0.2, 0.25) is 0 Å². The molecular formula is C13H19BrN2O. The molecule has 1 aromatic rings. The zero-order valence-corrected chi connectivity index (χ0v) is 11.8. The van der Waals surface area contributed by atoms with E-state index in [2.05, 4.69) is 20.9 Å². The average molecular weight is 299 g/mol. The van der Waals surface area contributed by atoms with Crippen LogP contribution in [-0.4, -0.2) is 34.7 Å². The Kier molecular flexibility index (Phi) is 6.86. The summed E-state index contributed by atoms with van der Waals surface area (Å²) < 4.78 is 0. The van der Waals surface area contributed by atoms with Gasteiger partial charge in [-0.3, -0.25) is 9.78 Å². The highest BCUT2D eigenvalue weighted by molar-refractivity contribution is 9.09. The highest BCUT2D eigenvalue weighted by Gasteiger charge is 2.07. The summed E-state index contributed by atoms with van der Waals surface area (Å²) in [6.07, 6.45) is 7.13. The van der Waals surface area contributed by atoms with Crippen molar-refractivity contribution in [3.8, 4) is 0 Å². The van der Waals surface area contributed by atoms with Gasteiger partial charge in [0, 0.05) is 37.7 Å². The van der Waals surface area contributed by atoms with Gasteiger partial charge in [0.1, 0.15) is 0 Å². The predicted octanol–water partition coefficient (Wildman–Crippen LogP) is 2.65. The van der Waals surface area contributed by atoms with E-state index in [1.807, 2.05) is 24.1 Å². The normalized spacial score (nSPS) is 10.2. The first-order valence-electron chi connectivity index (χ1n) is 5.93. The number of halogens is 1. The third kappa shape index (κ3) is 5.82. The fourth-order valence-electron chi connectivity index (χ4n) is 1.53. The summed E-state index contributed by atoms with van der Waals surface area (Å²) in [6, 6.07) is 3.98. The molecule has 0 saturated carbocycles. The Morgan fingerprint density at radius 1 is 1.35 bits per heavy atom. The quantitative estimate of drug-likeness (QED) is 0.573. The molecule has 0 spiro atoms. The first-order valence-corrected chi connectivity index (χ1v) is 7.05. The van der Waals surface area contributed by atoms with Crippen LogP contribution in [0.3, 0.4) is 0 Å². The highest BCUT2D eigenvalue weighted by Crippen LogP contribution is 2.03. The van der Waals surface area contributed by atoms with Crippen molar-refractivity contribution >= 4 is 21.8 Å². The highest BCUT2D eigenvalue weighted by atomic mass is 79.9. The molecule has 1 aromatic heterocycles. The number of hydrogen-bond donors (Lipinski definition) is 0. The van der Waals surface area contributed by atoms with Crippen LogP contribution < -0.4 is 0 Å². The minimum absolute atomic E-state index is 0.236. The molecule has 0 aliphatic rings. The molecule has 0 aromatic carbocycles. The summed E-state index contributed by atoms with van der Waals surface area (Å²) in [7, 11) is 1.87. The summed E-state index contributed by atoms with van der Waals surface area (Å²) in [4.78, 5) is 17.5. The molecule has 94 valence electrons. The van der Waals surface area contributed by atoms with Gasteiger partial charge in [-0.2, -0.15) is 0 Å². The Labute approximate surface area is 111 Å². The van der Waals surface area contributed by atoms with E-state index >= 15 is 0 Å². The summed E-state index contributed by atoms with van der Waals surface area (Å²) in [5, 5.41) is 0.973. The maximum atomic E-state index is 11.7. The number of aromatic nitrogens is 1. The van der Waals surface area contributed by atoms with Crippen LogP contribution in [0.5, 0.6) is 0 Å². The van der Waals surface area contributed by atoms with Crippen LogP contribution in [-0.2, 0) is 11.2 Å². The van der Waals surface area contributed by atoms with E-state index in [9.17, 15) is 4.79 Å². The molecule has 0 bridgehead atoms. The minimum atomic E-state index is 0.236. The average Bonchev–Trinajstić information content (AvgIpc) is 2.37. The van der Waals surface area contributed by atoms with Crippen LogP contribution in [0.4, 0.5) is 0 Å². The van der Waals surface area contributed by atoms with E-state index in [-0.39, 0.29) is 5.91 Å². The Balaban J connectivity index is 2.24. The SMILES string of the molecule is CN(CCc1ccncc1)C(=O)CCCCBr.